The molecule has 0 aliphatic carbocycles. The van der Waals surface area contributed by atoms with Gasteiger partial charge in [0.15, 0.2) is 0 Å². The monoisotopic (exact) mass is 443 g/mol. The summed E-state index contributed by atoms with van der Waals surface area (Å²) in [4.78, 5) is 27.4. The van der Waals surface area contributed by atoms with Gasteiger partial charge in [-0.3, -0.25) is 9.78 Å². The number of nitrogens with zero attached hydrogens (tertiary/aromatic N) is 4. The molecule has 0 atom stereocenters. The minimum absolute atomic E-state index is 0.120. The summed E-state index contributed by atoms with van der Waals surface area (Å²) in [6.45, 7) is 6.95. The molecule has 33 heavy (non-hydrogen) atoms. The quantitative estimate of drug-likeness (QED) is 0.481. The summed E-state index contributed by atoms with van der Waals surface area (Å²) in [5, 5.41) is 5.21. The Morgan fingerprint density at radius 1 is 1.03 bits per heavy atom. The molecule has 0 unspecified atom stereocenters. The number of halogens is 1. The molecule has 168 valence electrons. The Morgan fingerprint density at radius 3 is 2.55 bits per heavy atom. The maximum Gasteiger partial charge on any atom is 0.223 e. The number of amides is 1. The predicted octanol–water partition coefficient (Wildman–Crippen LogP) is 5.02. The van der Waals surface area contributed by atoms with E-state index in [0.29, 0.717) is 17.0 Å². The van der Waals surface area contributed by atoms with Crippen molar-refractivity contribution in [2.45, 2.75) is 39.7 Å². The number of carbonyl (C=O) groups is 1. The summed E-state index contributed by atoms with van der Waals surface area (Å²) in [7, 11) is 0. The summed E-state index contributed by atoms with van der Waals surface area (Å²) >= 11 is 0. The van der Waals surface area contributed by atoms with Crippen LogP contribution in [-0.2, 0) is 4.79 Å². The Labute approximate surface area is 191 Å². The Hall–Kier alpha value is -3.61. The topological polar surface area (TPSA) is 71.0 Å². The van der Waals surface area contributed by atoms with Crippen LogP contribution in [0.1, 0.15) is 31.2 Å². The van der Waals surface area contributed by atoms with Crippen LogP contribution in [0.5, 0.6) is 0 Å². The van der Waals surface area contributed by atoms with Gasteiger partial charge in [0, 0.05) is 48.1 Å². The van der Waals surface area contributed by atoms with Crippen LogP contribution in [0, 0.1) is 19.7 Å². The molecule has 1 saturated heterocycles. The van der Waals surface area contributed by atoms with Crippen LogP contribution in [0.2, 0.25) is 0 Å². The SMILES string of the molecule is CC(=O)N1CCC(Nc2nc(C)c3cc(-c4c(F)ccc5ccc(C)nc45)ccc3n2)CC1. The first-order chi connectivity index (χ1) is 15.9. The van der Waals surface area contributed by atoms with Gasteiger partial charge in [0.05, 0.1) is 16.7 Å². The summed E-state index contributed by atoms with van der Waals surface area (Å²) in [6, 6.07) is 13.1. The first kappa shape index (κ1) is 21.2. The number of aryl methyl sites for hydroxylation is 2. The van der Waals surface area contributed by atoms with E-state index in [9.17, 15) is 9.18 Å². The molecule has 5 rings (SSSR count). The molecule has 1 fully saturated rings. The smallest absolute Gasteiger partial charge is 0.223 e. The van der Waals surface area contributed by atoms with Crippen molar-refractivity contribution in [2.75, 3.05) is 18.4 Å². The van der Waals surface area contributed by atoms with Gasteiger partial charge in [0.25, 0.3) is 0 Å². The minimum atomic E-state index is -0.297. The molecule has 2 aromatic carbocycles. The molecule has 0 saturated carbocycles. The number of benzene rings is 2. The number of carbonyl (C=O) groups excluding carboxylic acids is 1. The van der Waals surface area contributed by atoms with E-state index in [0.717, 1.165) is 59.2 Å². The lowest BCUT2D eigenvalue weighted by atomic mass is 9.99. The molecule has 0 spiro atoms. The van der Waals surface area contributed by atoms with Gasteiger partial charge >= 0.3 is 0 Å². The molecule has 7 heteroatoms. The largest absolute Gasteiger partial charge is 0.351 e. The molecule has 1 amide bonds. The van der Waals surface area contributed by atoms with Crippen LogP contribution < -0.4 is 5.32 Å². The standard InChI is InChI=1S/C26H26FN5O/c1-15-4-5-18-6-8-22(27)24(25(18)28-15)19-7-9-23-21(14-19)16(2)29-26(31-23)30-20-10-12-32(13-11-20)17(3)33/h4-9,14,20H,10-13H2,1-3H3,(H,29,30,31). The first-order valence-electron chi connectivity index (χ1n) is 11.3. The van der Waals surface area contributed by atoms with Crippen LogP contribution in [0.4, 0.5) is 10.3 Å². The van der Waals surface area contributed by atoms with E-state index in [1.165, 1.54) is 6.07 Å². The van der Waals surface area contributed by atoms with Crippen molar-refractivity contribution in [1.82, 2.24) is 19.9 Å². The van der Waals surface area contributed by atoms with Gasteiger partial charge in [0.1, 0.15) is 5.82 Å². The van der Waals surface area contributed by atoms with Crippen molar-refractivity contribution < 1.29 is 9.18 Å². The van der Waals surface area contributed by atoms with Gasteiger partial charge in [-0.1, -0.05) is 12.1 Å². The molecule has 0 bridgehead atoms. The van der Waals surface area contributed by atoms with Crippen LogP contribution in [0.25, 0.3) is 32.9 Å². The van der Waals surface area contributed by atoms with Gasteiger partial charge in [-0.15, -0.1) is 0 Å². The second-order valence-electron chi connectivity index (χ2n) is 8.74. The molecule has 1 aliphatic rings. The molecule has 0 radical (unpaired) electrons. The van der Waals surface area contributed by atoms with Crippen LogP contribution in [0.15, 0.2) is 42.5 Å². The number of aromatic nitrogens is 3. The first-order valence-corrected chi connectivity index (χ1v) is 11.3. The summed E-state index contributed by atoms with van der Waals surface area (Å²) < 4.78 is 14.9. The number of pyridine rings is 1. The number of hydrogen-bond acceptors (Lipinski definition) is 5. The lowest BCUT2D eigenvalue weighted by Gasteiger charge is -2.31. The Kier molecular flexibility index (Phi) is 5.40. The van der Waals surface area contributed by atoms with E-state index >= 15 is 0 Å². The second kappa shape index (κ2) is 8.39. The Balaban J connectivity index is 1.48. The Bertz CT molecular complexity index is 1370. The fraction of sp³-hybridized carbons (Fsp3) is 0.308. The van der Waals surface area contributed by atoms with E-state index < -0.39 is 0 Å². The van der Waals surface area contributed by atoms with Crippen LogP contribution in [-0.4, -0.2) is 44.9 Å². The number of fused-ring (bicyclic) bond motifs is 2. The average Bonchev–Trinajstić information content (AvgIpc) is 2.79. The fourth-order valence-corrected chi connectivity index (χ4v) is 4.56. The molecule has 2 aromatic heterocycles. The summed E-state index contributed by atoms with van der Waals surface area (Å²) in [5.74, 6) is 0.409. The lowest BCUT2D eigenvalue weighted by molar-refractivity contribution is -0.129. The third-order valence-corrected chi connectivity index (χ3v) is 6.40. The number of anilines is 1. The highest BCUT2D eigenvalue weighted by atomic mass is 19.1. The zero-order chi connectivity index (χ0) is 23.1. The molecular weight excluding hydrogens is 417 g/mol. The zero-order valence-electron chi connectivity index (χ0n) is 19.0. The number of nitrogens with one attached hydrogen (secondary N) is 1. The molecule has 1 aliphatic heterocycles. The van der Waals surface area contributed by atoms with Gasteiger partial charge in [0.2, 0.25) is 11.9 Å². The van der Waals surface area contributed by atoms with Gasteiger partial charge in [-0.25, -0.2) is 14.4 Å². The molecule has 1 N–H and O–H groups in total. The van der Waals surface area contributed by atoms with E-state index in [4.69, 9.17) is 4.98 Å². The van der Waals surface area contributed by atoms with Crippen molar-refractivity contribution in [3.63, 3.8) is 0 Å². The van der Waals surface area contributed by atoms with E-state index in [-0.39, 0.29) is 17.8 Å². The highest BCUT2D eigenvalue weighted by Crippen LogP contribution is 2.33. The number of likely N-dealkylation sites (tertiary alicyclic amines) is 1. The number of hydrogen-bond donors (Lipinski definition) is 1. The minimum Gasteiger partial charge on any atom is -0.351 e. The van der Waals surface area contributed by atoms with Crippen molar-refractivity contribution in [2.24, 2.45) is 0 Å². The average molecular weight is 444 g/mol. The maximum atomic E-state index is 14.9. The Morgan fingerprint density at radius 2 is 1.79 bits per heavy atom. The second-order valence-corrected chi connectivity index (χ2v) is 8.74. The highest BCUT2D eigenvalue weighted by molar-refractivity contribution is 5.97. The van der Waals surface area contributed by atoms with Crippen molar-refractivity contribution >= 4 is 33.7 Å². The van der Waals surface area contributed by atoms with E-state index in [1.807, 2.05) is 49.1 Å². The van der Waals surface area contributed by atoms with E-state index in [2.05, 4.69) is 15.3 Å². The fourth-order valence-electron chi connectivity index (χ4n) is 4.56. The van der Waals surface area contributed by atoms with Gasteiger partial charge < -0.3 is 10.2 Å². The third kappa shape index (κ3) is 4.11. The van der Waals surface area contributed by atoms with Gasteiger partial charge in [-0.2, -0.15) is 0 Å². The zero-order valence-corrected chi connectivity index (χ0v) is 19.0. The number of rotatable bonds is 3. The van der Waals surface area contributed by atoms with Crippen LogP contribution in [0.3, 0.4) is 0 Å². The number of piperidine rings is 1. The third-order valence-electron chi connectivity index (χ3n) is 6.40. The van der Waals surface area contributed by atoms with Crippen molar-refractivity contribution in [3.05, 3.63) is 59.7 Å². The van der Waals surface area contributed by atoms with E-state index in [1.54, 1.807) is 13.0 Å². The molecule has 4 aromatic rings. The van der Waals surface area contributed by atoms with Crippen molar-refractivity contribution in [1.29, 1.82) is 0 Å². The lowest BCUT2D eigenvalue weighted by Crippen LogP contribution is -2.41. The highest BCUT2D eigenvalue weighted by Gasteiger charge is 2.21. The maximum absolute atomic E-state index is 14.9. The summed E-state index contributed by atoms with van der Waals surface area (Å²) in [6.07, 6.45) is 1.73. The molecule has 3 heterocycles. The summed E-state index contributed by atoms with van der Waals surface area (Å²) in [5.41, 5.74) is 4.39. The molecular formula is C26H26FN5O. The van der Waals surface area contributed by atoms with Gasteiger partial charge in [-0.05, 0) is 62.6 Å². The normalized spacial score (nSPS) is 14.7. The van der Waals surface area contributed by atoms with Crippen LogP contribution >= 0.6 is 0 Å². The predicted molar refractivity (Wildman–Crippen MR) is 129 cm³/mol. The molecule has 6 nitrogen and oxygen atoms in total. The van der Waals surface area contributed by atoms with Crippen molar-refractivity contribution in [3.8, 4) is 11.1 Å².